The molecule has 0 spiro atoms. The molecule has 1 unspecified atom stereocenters. The van der Waals surface area contributed by atoms with Crippen molar-refractivity contribution in [2.45, 2.75) is 47.0 Å². The second kappa shape index (κ2) is 3.00. The molecule has 0 heterocycles. The van der Waals surface area contributed by atoms with E-state index in [1.807, 2.05) is 0 Å². The Balaban J connectivity index is 2.53. The third-order valence-electron chi connectivity index (χ3n) is 2.84. The summed E-state index contributed by atoms with van der Waals surface area (Å²) in [5, 5.41) is 0. The monoisotopic (exact) mass is 152 g/mol. The highest BCUT2D eigenvalue weighted by atomic mass is 14.5. The minimum atomic E-state index is 0.622. The molecule has 1 aliphatic carbocycles. The van der Waals surface area contributed by atoms with Crippen molar-refractivity contribution in [1.29, 1.82) is 0 Å². The van der Waals surface area contributed by atoms with Crippen LogP contribution in [0, 0.1) is 11.3 Å². The fourth-order valence-electron chi connectivity index (χ4n) is 1.90. The first kappa shape index (κ1) is 8.83. The van der Waals surface area contributed by atoms with Gasteiger partial charge in [-0.15, -0.1) is 0 Å². The van der Waals surface area contributed by atoms with E-state index in [-0.39, 0.29) is 0 Å². The smallest absolute Gasteiger partial charge is 0.0146 e. The van der Waals surface area contributed by atoms with E-state index in [0.29, 0.717) is 5.41 Å². The van der Waals surface area contributed by atoms with Crippen LogP contribution in [-0.2, 0) is 0 Å². The lowest BCUT2D eigenvalue weighted by atomic mass is 10.0. The van der Waals surface area contributed by atoms with Crippen LogP contribution in [0.5, 0.6) is 0 Å². The third-order valence-corrected chi connectivity index (χ3v) is 2.84. The molecule has 0 saturated heterocycles. The van der Waals surface area contributed by atoms with E-state index in [1.54, 1.807) is 5.57 Å². The van der Waals surface area contributed by atoms with Crippen molar-refractivity contribution in [2.75, 3.05) is 0 Å². The lowest BCUT2D eigenvalue weighted by Crippen LogP contribution is -1.93. The Morgan fingerprint density at radius 1 is 1.45 bits per heavy atom. The Labute approximate surface area is 70.7 Å². The van der Waals surface area contributed by atoms with E-state index in [2.05, 4.69) is 33.8 Å². The van der Waals surface area contributed by atoms with Crippen LogP contribution in [0.15, 0.2) is 11.6 Å². The lowest BCUT2D eigenvalue weighted by molar-refractivity contribution is 0.589. The predicted molar refractivity (Wildman–Crippen MR) is 50.6 cm³/mol. The molecule has 0 N–H and O–H groups in total. The molecule has 1 atom stereocenters. The van der Waals surface area contributed by atoms with Crippen LogP contribution >= 0.6 is 0 Å². The van der Waals surface area contributed by atoms with Gasteiger partial charge in [-0.2, -0.15) is 0 Å². The first-order valence-corrected chi connectivity index (χ1v) is 4.80. The SMILES string of the molecule is CC/C=C(\CC)C1CC1(C)C. The van der Waals surface area contributed by atoms with E-state index in [0.717, 1.165) is 5.92 Å². The standard InChI is InChI=1S/C11H20/c1-5-7-9(6-2)10-8-11(10,3)4/h7,10H,5-6,8H2,1-4H3/b9-7+. The Hall–Kier alpha value is -0.260. The molecule has 0 aromatic carbocycles. The maximum atomic E-state index is 2.42. The number of allylic oxidation sites excluding steroid dienone is 2. The maximum absolute atomic E-state index is 2.42. The molecular formula is C11H20. The van der Waals surface area contributed by atoms with Crippen LogP contribution in [0.25, 0.3) is 0 Å². The van der Waals surface area contributed by atoms with Crippen molar-refractivity contribution in [3.05, 3.63) is 11.6 Å². The van der Waals surface area contributed by atoms with Crippen LogP contribution in [-0.4, -0.2) is 0 Å². The summed E-state index contributed by atoms with van der Waals surface area (Å²) in [7, 11) is 0. The lowest BCUT2D eigenvalue weighted by Gasteiger charge is -2.05. The first-order valence-electron chi connectivity index (χ1n) is 4.80. The van der Waals surface area contributed by atoms with Gasteiger partial charge in [0.15, 0.2) is 0 Å². The zero-order valence-corrected chi connectivity index (χ0v) is 8.28. The number of rotatable bonds is 3. The van der Waals surface area contributed by atoms with Crippen molar-refractivity contribution >= 4 is 0 Å². The molecule has 0 radical (unpaired) electrons. The molecule has 0 amide bonds. The van der Waals surface area contributed by atoms with Crippen molar-refractivity contribution in [1.82, 2.24) is 0 Å². The van der Waals surface area contributed by atoms with E-state index in [9.17, 15) is 0 Å². The van der Waals surface area contributed by atoms with E-state index in [1.165, 1.54) is 19.3 Å². The van der Waals surface area contributed by atoms with Gasteiger partial charge < -0.3 is 0 Å². The Morgan fingerprint density at radius 3 is 2.27 bits per heavy atom. The summed E-state index contributed by atoms with van der Waals surface area (Å²) < 4.78 is 0. The van der Waals surface area contributed by atoms with Crippen LogP contribution < -0.4 is 0 Å². The highest BCUT2D eigenvalue weighted by Crippen LogP contribution is 2.56. The molecule has 0 aromatic rings. The molecule has 0 bridgehead atoms. The fourth-order valence-corrected chi connectivity index (χ4v) is 1.90. The molecule has 0 heteroatoms. The summed E-state index contributed by atoms with van der Waals surface area (Å²) in [6, 6.07) is 0. The van der Waals surface area contributed by atoms with E-state index < -0.39 is 0 Å². The average molecular weight is 152 g/mol. The second-order valence-electron chi connectivity index (χ2n) is 4.29. The van der Waals surface area contributed by atoms with Gasteiger partial charge in [0.05, 0.1) is 0 Å². The van der Waals surface area contributed by atoms with Gasteiger partial charge in [-0.3, -0.25) is 0 Å². The zero-order valence-electron chi connectivity index (χ0n) is 8.28. The topological polar surface area (TPSA) is 0 Å². The minimum absolute atomic E-state index is 0.622. The van der Waals surface area contributed by atoms with Crippen LogP contribution in [0.3, 0.4) is 0 Å². The second-order valence-corrected chi connectivity index (χ2v) is 4.29. The van der Waals surface area contributed by atoms with E-state index in [4.69, 9.17) is 0 Å². The summed E-state index contributed by atoms with van der Waals surface area (Å²) in [4.78, 5) is 0. The summed E-state index contributed by atoms with van der Waals surface area (Å²) in [6.45, 7) is 9.24. The molecule has 1 saturated carbocycles. The summed E-state index contributed by atoms with van der Waals surface area (Å²) in [5.74, 6) is 0.910. The molecule has 1 aliphatic rings. The molecule has 11 heavy (non-hydrogen) atoms. The quantitative estimate of drug-likeness (QED) is 0.540. The van der Waals surface area contributed by atoms with Gasteiger partial charge in [0.1, 0.15) is 0 Å². The number of hydrogen-bond donors (Lipinski definition) is 0. The average Bonchev–Trinajstić information content (AvgIpc) is 2.55. The molecule has 1 fully saturated rings. The van der Waals surface area contributed by atoms with Crippen LogP contribution in [0.2, 0.25) is 0 Å². The summed E-state index contributed by atoms with van der Waals surface area (Å²) >= 11 is 0. The Bertz CT molecular complexity index is 163. The summed E-state index contributed by atoms with van der Waals surface area (Å²) in [6.07, 6.45) is 6.28. The van der Waals surface area contributed by atoms with Crippen molar-refractivity contribution in [3.8, 4) is 0 Å². The van der Waals surface area contributed by atoms with Gasteiger partial charge >= 0.3 is 0 Å². The third kappa shape index (κ3) is 1.85. The van der Waals surface area contributed by atoms with Gasteiger partial charge in [0.25, 0.3) is 0 Å². The summed E-state index contributed by atoms with van der Waals surface area (Å²) in [5.41, 5.74) is 2.31. The fraction of sp³-hybridized carbons (Fsp3) is 0.818. The van der Waals surface area contributed by atoms with Gasteiger partial charge in [-0.1, -0.05) is 39.3 Å². The Morgan fingerprint density at radius 2 is 2.00 bits per heavy atom. The normalized spacial score (nSPS) is 28.7. The molecule has 1 rings (SSSR count). The number of hydrogen-bond acceptors (Lipinski definition) is 0. The van der Waals surface area contributed by atoms with Gasteiger partial charge in [-0.25, -0.2) is 0 Å². The predicted octanol–water partition coefficient (Wildman–Crippen LogP) is 3.78. The van der Waals surface area contributed by atoms with Gasteiger partial charge in [0, 0.05) is 0 Å². The first-order chi connectivity index (χ1) is 5.11. The zero-order chi connectivity index (χ0) is 8.48. The van der Waals surface area contributed by atoms with Gasteiger partial charge in [-0.05, 0) is 30.6 Å². The largest absolute Gasteiger partial charge is 0.0853 e. The van der Waals surface area contributed by atoms with Crippen LogP contribution in [0.1, 0.15) is 47.0 Å². The van der Waals surface area contributed by atoms with Crippen molar-refractivity contribution in [3.63, 3.8) is 0 Å². The highest BCUT2D eigenvalue weighted by molar-refractivity contribution is 5.18. The van der Waals surface area contributed by atoms with Crippen LogP contribution in [0.4, 0.5) is 0 Å². The molecule has 0 aromatic heterocycles. The van der Waals surface area contributed by atoms with E-state index >= 15 is 0 Å². The van der Waals surface area contributed by atoms with Gasteiger partial charge in [0.2, 0.25) is 0 Å². The maximum Gasteiger partial charge on any atom is -0.0146 e. The molecule has 0 aliphatic heterocycles. The van der Waals surface area contributed by atoms with Crippen molar-refractivity contribution in [2.24, 2.45) is 11.3 Å². The molecule has 64 valence electrons. The highest BCUT2D eigenvalue weighted by Gasteiger charge is 2.46. The minimum Gasteiger partial charge on any atom is -0.0853 e. The van der Waals surface area contributed by atoms with Crippen molar-refractivity contribution < 1.29 is 0 Å². The Kier molecular flexibility index (Phi) is 2.41. The molecule has 0 nitrogen and oxygen atoms in total. The molecular weight excluding hydrogens is 132 g/mol.